The predicted octanol–water partition coefficient (Wildman–Crippen LogP) is 4.91. The monoisotopic (exact) mass is 394 g/mol. The molecule has 0 aliphatic heterocycles. The molecule has 0 bridgehead atoms. The summed E-state index contributed by atoms with van der Waals surface area (Å²) in [5.41, 5.74) is 2.26. The average Bonchev–Trinajstić information content (AvgIpc) is 2.72. The van der Waals surface area contributed by atoms with Crippen molar-refractivity contribution in [3.05, 3.63) is 94.6 Å². The average molecular weight is 395 g/mol. The van der Waals surface area contributed by atoms with Crippen LogP contribution in [0.4, 0.5) is 0 Å². The van der Waals surface area contributed by atoms with Crippen LogP contribution in [0.1, 0.15) is 30.5 Å². The summed E-state index contributed by atoms with van der Waals surface area (Å²) in [6.45, 7) is 4.65. The Hall–Kier alpha value is -2.85. The highest BCUT2D eigenvalue weighted by Crippen LogP contribution is 2.25. The number of nitrogens with zero attached hydrogens (tertiary/aromatic N) is 1. The largest absolute Gasteiger partial charge is 0.473 e. The van der Waals surface area contributed by atoms with Crippen molar-refractivity contribution in [1.29, 1.82) is 0 Å². The molecule has 0 saturated heterocycles. The van der Waals surface area contributed by atoms with E-state index < -0.39 is 5.41 Å². The van der Waals surface area contributed by atoms with Crippen molar-refractivity contribution >= 4 is 17.5 Å². The lowest BCUT2D eigenvalue weighted by molar-refractivity contribution is -0.125. The highest BCUT2D eigenvalue weighted by atomic mass is 35.5. The van der Waals surface area contributed by atoms with E-state index in [4.69, 9.17) is 16.3 Å². The third-order valence-corrected chi connectivity index (χ3v) is 4.87. The number of pyridine rings is 1. The Morgan fingerprint density at radius 1 is 1.04 bits per heavy atom. The zero-order chi connectivity index (χ0) is 20.0. The first-order valence-corrected chi connectivity index (χ1v) is 9.49. The first-order valence-electron chi connectivity index (χ1n) is 9.11. The molecule has 5 heteroatoms. The molecule has 0 saturated carbocycles. The zero-order valence-corrected chi connectivity index (χ0v) is 16.7. The molecule has 0 radical (unpaired) electrons. The van der Waals surface area contributed by atoms with Gasteiger partial charge < -0.3 is 10.1 Å². The maximum atomic E-state index is 12.7. The van der Waals surface area contributed by atoms with Crippen LogP contribution in [0.5, 0.6) is 5.88 Å². The molecular formula is C23H23ClN2O2. The molecule has 3 aromatic rings. The summed E-state index contributed by atoms with van der Waals surface area (Å²) in [5, 5.41) is 3.65. The van der Waals surface area contributed by atoms with Gasteiger partial charge in [0.25, 0.3) is 0 Å². The van der Waals surface area contributed by atoms with E-state index in [1.807, 2.05) is 68.4 Å². The van der Waals surface area contributed by atoms with Crippen LogP contribution in [-0.4, -0.2) is 10.9 Å². The number of aromatic nitrogens is 1. The Balaban J connectivity index is 1.59. The fourth-order valence-corrected chi connectivity index (χ4v) is 2.90. The molecule has 0 spiro atoms. The Morgan fingerprint density at radius 2 is 1.75 bits per heavy atom. The molecule has 0 unspecified atom stereocenters. The van der Waals surface area contributed by atoms with Crippen LogP contribution < -0.4 is 10.1 Å². The fraction of sp³-hybridized carbons (Fsp3) is 0.217. The van der Waals surface area contributed by atoms with Crippen molar-refractivity contribution in [2.75, 3.05) is 0 Å². The van der Waals surface area contributed by atoms with E-state index in [1.165, 1.54) is 0 Å². The minimum Gasteiger partial charge on any atom is -0.473 e. The van der Waals surface area contributed by atoms with Crippen molar-refractivity contribution in [2.45, 2.75) is 32.4 Å². The second kappa shape index (κ2) is 8.89. The number of hydrogen-bond donors (Lipinski definition) is 1. The van der Waals surface area contributed by atoms with Gasteiger partial charge in [-0.3, -0.25) is 4.79 Å². The van der Waals surface area contributed by atoms with Gasteiger partial charge >= 0.3 is 0 Å². The molecule has 144 valence electrons. The van der Waals surface area contributed by atoms with Gasteiger partial charge in [0.1, 0.15) is 6.61 Å². The number of rotatable bonds is 7. The zero-order valence-electron chi connectivity index (χ0n) is 16.0. The van der Waals surface area contributed by atoms with Gasteiger partial charge in [-0.05, 0) is 48.7 Å². The van der Waals surface area contributed by atoms with Gasteiger partial charge in [0.2, 0.25) is 11.8 Å². The summed E-state index contributed by atoms with van der Waals surface area (Å²) in [7, 11) is 0. The number of amides is 1. The molecular weight excluding hydrogens is 372 g/mol. The molecule has 3 rings (SSSR count). The fourth-order valence-electron chi connectivity index (χ4n) is 2.77. The molecule has 1 aromatic heterocycles. The number of ether oxygens (including phenoxy) is 1. The summed E-state index contributed by atoms with van der Waals surface area (Å²) in [6.07, 6.45) is 1.69. The molecule has 0 aliphatic carbocycles. The number of hydrogen-bond acceptors (Lipinski definition) is 3. The van der Waals surface area contributed by atoms with Crippen LogP contribution in [0.15, 0.2) is 72.9 Å². The third kappa shape index (κ3) is 5.11. The summed E-state index contributed by atoms with van der Waals surface area (Å²) in [6, 6.07) is 21.0. The van der Waals surface area contributed by atoms with Gasteiger partial charge in [-0.1, -0.05) is 54.1 Å². The Kier molecular flexibility index (Phi) is 6.32. The molecule has 4 nitrogen and oxygen atoms in total. The van der Waals surface area contributed by atoms with Gasteiger partial charge in [0.05, 0.1) is 5.41 Å². The molecule has 1 heterocycles. The molecule has 0 aliphatic rings. The van der Waals surface area contributed by atoms with E-state index in [0.29, 0.717) is 24.1 Å². The van der Waals surface area contributed by atoms with E-state index >= 15 is 0 Å². The first kappa shape index (κ1) is 19.9. The number of nitrogens with one attached hydrogen (secondary N) is 1. The van der Waals surface area contributed by atoms with E-state index in [2.05, 4.69) is 10.3 Å². The van der Waals surface area contributed by atoms with Crippen LogP contribution in [0.3, 0.4) is 0 Å². The quantitative estimate of drug-likeness (QED) is 0.619. The standard InChI is InChI=1S/C23H23ClN2O2/c1-23(2,19-8-10-20(24)11-9-19)22(27)26-15-18-12-13-25-21(14-18)28-16-17-6-4-3-5-7-17/h3-14H,15-16H2,1-2H3,(H,26,27). The lowest BCUT2D eigenvalue weighted by atomic mass is 9.83. The predicted molar refractivity (Wildman–Crippen MR) is 111 cm³/mol. The number of benzene rings is 2. The van der Waals surface area contributed by atoms with Crippen LogP contribution in [0, 0.1) is 0 Å². The van der Waals surface area contributed by atoms with Crippen LogP contribution in [-0.2, 0) is 23.4 Å². The SMILES string of the molecule is CC(C)(C(=O)NCc1ccnc(OCc2ccccc2)c1)c1ccc(Cl)cc1. The molecule has 2 aromatic carbocycles. The number of carbonyl (C=O) groups excluding carboxylic acids is 1. The molecule has 28 heavy (non-hydrogen) atoms. The van der Waals surface area contributed by atoms with Gasteiger partial charge in [-0.15, -0.1) is 0 Å². The minimum atomic E-state index is -0.662. The summed E-state index contributed by atoms with van der Waals surface area (Å²) in [5.74, 6) is 0.478. The highest BCUT2D eigenvalue weighted by Gasteiger charge is 2.29. The molecule has 0 fully saturated rings. The molecule has 1 N–H and O–H groups in total. The van der Waals surface area contributed by atoms with Crippen molar-refractivity contribution in [3.63, 3.8) is 0 Å². The van der Waals surface area contributed by atoms with Crippen LogP contribution >= 0.6 is 11.6 Å². The Bertz CT molecular complexity index is 925. The second-order valence-electron chi connectivity index (χ2n) is 7.09. The van der Waals surface area contributed by atoms with E-state index in [-0.39, 0.29) is 5.91 Å². The minimum absolute atomic E-state index is 0.0570. The number of halogens is 1. The smallest absolute Gasteiger partial charge is 0.230 e. The Labute approximate surface area is 170 Å². The lowest BCUT2D eigenvalue weighted by Crippen LogP contribution is -2.39. The maximum Gasteiger partial charge on any atom is 0.230 e. The number of carbonyl (C=O) groups is 1. The first-order chi connectivity index (χ1) is 13.4. The van der Waals surface area contributed by atoms with E-state index in [0.717, 1.165) is 16.7 Å². The van der Waals surface area contributed by atoms with Crippen molar-refractivity contribution < 1.29 is 9.53 Å². The van der Waals surface area contributed by atoms with Gasteiger partial charge in [0, 0.05) is 23.8 Å². The van der Waals surface area contributed by atoms with Gasteiger partial charge in [0.15, 0.2) is 0 Å². The second-order valence-corrected chi connectivity index (χ2v) is 7.53. The van der Waals surface area contributed by atoms with Crippen LogP contribution in [0.25, 0.3) is 0 Å². The van der Waals surface area contributed by atoms with Crippen molar-refractivity contribution in [3.8, 4) is 5.88 Å². The summed E-state index contributed by atoms with van der Waals surface area (Å²) < 4.78 is 5.75. The molecule has 1 amide bonds. The topological polar surface area (TPSA) is 51.2 Å². The summed E-state index contributed by atoms with van der Waals surface area (Å²) in [4.78, 5) is 17.0. The lowest BCUT2D eigenvalue weighted by Gasteiger charge is -2.24. The van der Waals surface area contributed by atoms with Gasteiger partial charge in [-0.2, -0.15) is 0 Å². The summed E-state index contributed by atoms with van der Waals surface area (Å²) >= 11 is 5.94. The van der Waals surface area contributed by atoms with E-state index in [1.54, 1.807) is 18.3 Å². The van der Waals surface area contributed by atoms with E-state index in [9.17, 15) is 4.79 Å². The maximum absolute atomic E-state index is 12.7. The van der Waals surface area contributed by atoms with Crippen molar-refractivity contribution in [1.82, 2.24) is 10.3 Å². The normalized spacial score (nSPS) is 11.1. The van der Waals surface area contributed by atoms with Crippen LogP contribution in [0.2, 0.25) is 5.02 Å². The molecule has 0 atom stereocenters. The van der Waals surface area contributed by atoms with Gasteiger partial charge in [-0.25, -0.2) is 4.98 Å². The Morgan fingerprint density at radius 3 is 2.46 bits per heavy atom. The third-order valence-electron chi connectivity index (χ3n) is 4.62. The highest BCUT2D eigenvalue weighted by molar-refractivity contribution is 6.30. The van der Waals surface area contributed by atoms with Crippen molar-refractivity contribution in [2.24, 2.45) is 0 Å².